The molecular formula is C13H13N5. The Balaban J connectivity index is 2.11. The van der Waals surface area contributed by atoms with Gasteiger partial charge in [-0.25, -0.2) is 4.98 Å². The van der Waals surface area contributed by atoms with Gasteiger partial charge in [0, 0.05) is 17.8 Å². The Morgan fingerprint density at radius 1 is 1.17 bits per heavy atom. The van der Waals surface area contributed by atoms with Crippen molar-refractivity contribution in [3.63, 3.8) is 0 Å². The van der Waals surface area contributed by atoms with Crippen molar-refractivity contribution in [2.45, 2.75) is 6.42 Å². The summed E-state index contributed by atoms with van der Waals surface area (Å²) < 4.78 is 1.88. The number of fused-ring (bicyclic) bond motifs is 1. The fourth-order valence-electron chi connectivity index (χ4n) is 1.98. The Hall–Kier alpha value is -2.27. The van der Waals surface area contributed by atoms with Crippen LogP contribution in [0.1, 0.15) is 5.56 Å². The van der Waals surface area contributed by atoms with E-state index in [0.717, 1.165) is 23.5 Å². The lowest BCUT2D eigenvalue weighted by Gasteiger charge is -2.02. The van der Waals surface area contributed by atoms with Crippen LogP contribution >= 0.6 is 0 Å². The number of aromatic nitrogens is 4. The maximum Gasteiger partial charge on any atom is 0.169 e. The van der Waals surface area contributed by atoms with E-state index in [2.05, 4.69) is 27.3 Å². The lowest BCUT2D eigenvalue weighted by molar-refractivity contribution is 0.968. The third-order valence-electron chi connectivity index (χ3n) is 2.83. The first-order valence-corrected chi connectivity index (χ1v) is 5.82. The van der Waals surface area contributed by atoms with Crippen molar-refractivity contribution < 1.29 is 0 Å². The second-order valence-electron chi connectivity index (χ2n) is 4.07. The number of hydrogen-bond acceptors (Lipinski definition) is 4. The minimum Gasteiger partial charge on any atom is -0.330 e. The van der Waals surface area contributed by atoms with Crippen LogP contribution in [0.5, 0.6) is 0 Å². The summed E-state index contributed by atoms with van der Waals surface area (Å²) in [5.41, 5.74) is 8.61. The van der Waals surface area contributed by atoms with Crippen LogP contribution in [-0.2, 0) is 6.42 Å². The zero-order valence-corrected chi connectivity index (χ0v) is 9.82. The minimum absolute atomic E-state index is 0.644. The molecule has 0 saturated heterocycles. The van der Waals surface area contributed by atoms with E-state index in [0.29, 0.717) is 6.54 Å². The molecule has 0 atom stereocenters. The zero-order valence-electron chi connectivity index (χ0n) is 9.82. The molecule has 5 heteroatoms. The molecule has 2 aromatic heterocycles. The molecule has 18 heavy (non-hydrogen) atoms. The van der Waals surface area contributed by atoms with E-state index in [1.54, 1.807) is 12.5 Å². The number of rotatable bonds is 3. The van der Waals surface area contributed by atoms with Gasteiger partial charge in [-0.05, 0) is 24.6 Å². The third kappa shape index (κ3) is 1.84. The molecule has 0 aliphatic heterocycles. The highest BCUT2D eigenvalue weighted by Crippen LogP contribution is 2.19. The Labute approximate surface area is 104 Å². The summed E-state index contributed by atoms with van der Waals surface area (Å²) in [5.74, 6) is 0.803. The molecule has 0 fully saturated rings. The molecule has 5 nitrogen and oxygen atoms in total. The number of hydrogen-bond donors (Lipinski definition) is 1. The van der Waals surface area contributed by atoms with E-state index in [-0.39, 0.29) is 0 Å². The Bertz CT molecular complexity index is 674. The molecule has 3 rings (SSSR count). The summed E-state index contributed by atoms with van der Waals surface area (Å²) in [6.07, 6.45) is 4.29. The predicted molar refractivity (Wildman–Crippen MR) is 69.0 cm³/mol. The molecule has 0 spiro atoms. The van der Waals surface area contributed by atoms with Crippen LogP contribution in [0.2, 0.25) is 0 Å². The van der Waals surface area contributed by atoms with Gasteiger partial charge in [0.15, 0.2) is 11.5 Å². The van der Waals surface area contributed by atoms with Gasteiger partial charge in [-0.2, -0.15) is 0 Å². The zero-order chi connectivity index (χ0) is 12.4. The van der Waals surface area contributed by atoms with Crippen LogP contribution in [0, 0.1) is 0 Å². The van der Waals surface area contributed by atoms with Crippen molar-refractivity contribution in [3.05, 3.63) is 48.4 Å². The molecule has 0 unspecified atom stereocenters. The van der Waals surface area contributed by atoms with Crippen molar-refractivity contribution in [1.29, 1.82) is 0 Å². The first kappa shape index (κ1) is 10.9. The second kappa shape index (κ2) is 4.54. The largest absolute Gasteiger partial charge is 0.330 e. The maximum atomic E-state index is 5.58. The topological polar surface area (TPSA) is 69.1 Å². The Morgan fingerprint density at radius 2 is 2.11 bits per heavy atom. The summed E-state index contributed by atoms with van der Waals surface area (Å²) in [4.78, 5) is 4.09. The number of nitrogens with two attached hydrogens (primary N) is 1. The van der Waals surface area contributed by atoms with Gasteiger partial charge in [-0.3, -0.25) is 4.40 Å². The molecule has 2 heterocycles. The molecule has 0 saturated carbocycles. The van der Waals surface area contributed by atoms with Crippen LogP contribution < -0.4 is 5.73 Å². The fraction of sp³-hybridized carbons (Fsp3) is 0.154. The predicted octanol–water partition coefficient (Wildman–Crippen LogP) is 1.29. The van der Waals surface area contributed by atoms with Crippen molar-refractivity contribution in [2.24, 2.45) is 5.73 Å². The second-order valence-corrected chi connectivity index (χ2v) is 4.07. The molecule has 0 amide bonds. The van der Waals surface area contributed by atoms with Gasteiger partial charge in [0.2, 0.25) is 0 Å². The van der Waals surface area contributed by atoms with Gasteiger partial charge >= 0.3 is 0 Å². The molecule has 90 valence electrons. The Kier molecular flexibility index (Phi) is 2.74. The average molecular weight is 239 g/mol. The number of benzene rings is 1. The summed E-state index contributed by atoms with van der Waals surface area (Å²) in [6.45, 7) is 0.644. The summed E-state index contributed by atoms with van der Waals surface area (Å²) in [6, 6.07) is 10.0. The van der Waals surface area contributed by atoms with Crippen LogP contribution in [0.4, 0.5) is 0 Å². The third-order valence-corrected chi connectivity index (χ3v) is 2.83. The highest BCUT2D eigenvalue weighted by atomic mass is 15.3. The lowest BCUT2D eigenvalue weighted by atomic mass is 10.1. The maximum absolute atomic E-state index is 5.58. The normalized spacial score (nSPS) is 10.9. The first-order chi connectivity index (χ1) is 8.88. The van der Waals surface area contributed by atoms with Crippen LogP contribution in [0.3, 0.4) is 0 Å². The van der Waals surface area contributed by atoms with Gasteiger partial charge in [-0.1, -0.05) is 18.2 Å². The van der Waals surface area contributed by atoms with E-state index in [9.17, 15) is 0 Å². The van der Waals surface area contributed by atoms with Crippen LogP contribution in [0.15, 0.2) is 42.9 Å². The molecule has 3 aromatic rings. The van der Waals surface area contributed by atoms with E-state index in [1.807, 2.05) is 22.6 Å². The molecule has 0 radical (unpaired) electrons. The van der Waals surface area contributed by atoms with Gasteiger partial charge in [0.05, 0.1) is 0 Å². The van der Waals surface area contributed by atoms with Gasteiger partial charge in [0.25, 0.3) is 0 Å². The standard InChI is InChI=1S/C13H13N5/c14-6-4-10-2-1-3-11(8-10)13-17-16-12-5-7-15-9-18(12)13/h1-3,5,7-9H,4,6,14H2. The molecule has 0 aliphatic carbocycles. The number of nitrogens with zero attached hydrogens (tertiary/aromatic N) is 4. The summed E-state index contributed by atoms with van der Waals surface area (Å²) >= 11 is 0. The molecule has 0 aliphatic rings. The van der Waals surface area contributed by atoms with E-state index in [1.165, 1.54) is 5.56 Å². The fourth-order valence-corrected chi connectivity index (χ4v) is 1.98. The average Bonchev–Trinajstić information content (AvgIpc) is 2.83. The van der Waals surface area contributed by atoms with E-state index >= 15 is 0 Å². The molecular weight excluding hydrogens is 226 g/mol. The summed E-state index contributed by atoms with van der Waals surface area (Å²) in [5, 5.41) is 8.33. The van der Waals surface area contributed by atoms with E-state index in [4.69, 9.17) is 5.73 Å². The van der Waals surface area contributed by atoms with E-state index < -0.39 is 0 Å². The lowest BCUT2D eigenvalue weighted by Crippen LogP contribution is -2.02. The minimum atomic E-state index is 0.644. The summed E-state index contributed by atoms with van der Waals surface area (Å²) in [7, 11) is 0. The van der Waals surface area contributed by atoms with Crippen molar-refractivity contribution in [2.75, 3.05) is 6.54 Å². The van der Waals surface area contributed by atoms with Crippen molar-refractivity contribution in [1.82, 2.24) is 19.6 Å². The van der Waals surface area contributed by atoms with Crippen molar-refractivity contribution in [3.8, 4) is 11.4 Å². The monoisotopic (exact) mass is 239 g/mol. The Morgan fingerprint density at radius 3 is 3.00 bits per heavy atom. The highest BCUT2D eigenvalue weighted by Gasteiger charge is 2.07. The van der Waals surface area contributed by atoms with Crippen molar-refractivity contribution >= 4 is 5.65 Å². The molecule has 2 N–H and O–H groups in total. The first-order valence-electron chi connectivity index (χ1n) is 5.82. The molecule has 1 aromatic carbocycles. The van der Waals surface area contributed by atoms with Gasteiger partial charge < -0.3 is 5.73 Å². The smallest absolute Gasteiger partial charge is 0.169 e. The highest BCUT2D eigenvalue weighted by molar-refractivity contribution is 5.59. The quantitative estimate of drug-likeness (QED) is 0.747. The van der Waals surface area contributed by atoms with Gasteiger partial charge in [-0.15, -0.1) is 10.2 Å². The van der Waals surface area contributed by atoms with Crippen LogP contribution in [0.25, 0.3) is 17.0 Å². The SMILES string of the molecule is NCCc1cccc(-c2nnc3ccncn23)c1. The molecule has 0 bridgehead atoms. The van der Waals surface area contributed by atoms with Crippen LogP contribution in [-0.4, -0.2) is 26.1 Å². The van der Waals surface area contributed by atoms with Gasteiger partial charge in [0.1, 0.15) is 6.33 Å².